The number of carbonyl (C=O) groups is 1. The Morgan fingerprint density at radius 1 is 1.38 bits per heavy atom. The average Bonchev–Trinajstić information content (AvgIpc) is 2.47. The van der Waals surface area contributed by atoms with Gasteiger partial charge in [-0.1, -0.05) is 18.2 Å². The molecule has 0 aromatic heterocycles. The minimum absolute atomic E-state index is 0.112. The fourth-order valence-corrected chi connectivity index (χ4v) is 3.44. The zero-order valence-electron chi connectivity index (χ0n) is 11.6. The van der Waals surface area contributed by atoms with Crippen molar-refractivity contribution in [1.82, 2.24) is 10.0 Å². The highest BCUT2D eigenvalue weighted by molar-refractivity contribution is 7.98. The Morgan fingerprint density at radius 2 is 2.05 bits per heavy atom. The Kier molecular flexibility index (Phi) is 7.22. The van der Waals surface area contributed by atoms with E-state index in [9.17, 15) is 13.2 Å². The van der Waals surface area contributed by atoms with Crippen molar-refractivity contribution in [2.45, 2.75) is 17.4 Å². The van der Waals surface area contributed by atoms with Gasteiger partial charge in [-0.05, 0) is 18.4 Å². The molecule has 0 fully saturated rings. The Morgan fingerprint density at radius 3 is 2.62 bits per heavy atom. The van der Waals surface area contributed by atoms with Crippen LogP contribution in [-0.2, 0) is 14.8 Å². The standard InChI is InChI=1S/C13H17N3O3S2/c1-20-10-12(13(17)15-9-5-8-14)16-21(18,19)11-6-3-2-4-7-11/h2-4,6-7,12,16H,5,9-10H2,1H3,(H,15,17). The first kappa shape index (κ1) is 17.5. The molecule has 1 amide bonds. The highest BCUT2D eigenvalue weighted by atomic mass is 32.2. The Bertz CT molecular complexity index is 597. The van der Waals surface area contributed by atoms with Gasteiger partial charge in [0.1, 0.15) is 6.04 Å². The van der Waals surface area contributed by atoms with E-state index in [0.717, 1.165) is 0 Å². The number of nitriles is 1. The van der Waals surface area contributed by atoms with Gasteiger partial charge < -0.3 is 5.32 Å². The largest absolute Gasteiger partial charge is 0.354 e. The van der Waals surface area contributed by atoms with Gasteiger partial charge in [-0.2, -0.15) is 21.7 Å². The summed E-state index contributed by atoms with van der Waals surface area (Å²) in [4.78, 5) is 12.1. The van der Waals surface area contributed by atoms with Gasteiger partial charge in [0.05, 0.1) is 17.4 Å². The van der Waals surface area contributed by atoms with Gasteiger partial charge in [-0.15, -0.1) is 0 Å². The summed E-state index contributed by atoms with van der Waals surface area (Å²) in [6.45, 7) is 0.202. The molecule has 1 rings (SSSR count). The van der Waals surface area contributed by atoms with Crippen molar-refractivity contribution in [3.63, 3.8) is 0 Å². The summed E-state index contributed by atoms with van der Waals surface area (Å²) in [6.07, 6.45) is 1.97. The van der Waals surface area contributed by atoms with Crippen LogP contribution in [0.2, 0.25) is 0 Å². The van der Waals surface area contributed by atoms with E-state index in [1.165, 1.54) is 23.9 Å². The molecule has 0 spiro atoms. The van der Waals surface area contributed by atoms with Gasteiger partial charge in [0.2, 0.25) is 15.9 Å². The number of benzene rings is 1. The topological polar surface area (TPSA) is 99.1 Å². The maximum Gasteiger partial charge on any atom is 0.241 e. The molecular formula is C13H17N3O3S2. The molecule has 2 N–H and O–H groups in total. The van der Waals surface area contributed by atoms with Crippen LogP contribution < -0.4 is 10.0 Å². The van der Waals surface area contributed by atoms with Crippen molar-refractivity contribution in [2.75, 3.05) is 18.6 Å². The summed E-state index contributed by atoms with van der Waals surface area (Å²) in [5.74, 6) is -0.121. The molecule has 0 saturated heterocycles. The number of thioether (sulfide) groups is 1. The van der Waals surface area contributed by atoms with E-state index in [1.807, 2.05) is 6.07 Å². The number of nitrogens with zero attached hydrogens (tertiary/aromatic N) is 1. The van der Waals surface area contributed by atoms with Crippen molar-refractivity contribution < 1.29 is 13.2 Å². The van der Waals surface area contributed by atoms with Crippen molar-refractivity contribution in [3.05, 3.63) is 30.3 Å². The van der Waals surface area contributed by atoms with Crippen molar-refractivity contribution in [1.29, 1.82) is 5.26 Å². The molecule has 1 aromatic carbocycles. The summed E-state index contributed by atoms with van der Waals surface area (Å²) in [5, 5.41) is 11.0. The number of sulfonamides is 1. The predicted molar refractivity (Wildman–Crippen MR) is 82.2 cm³/mol. The van der Waals surface area contributed by atoms with Gasteiger partial charge in [-0.3, -0.25) is 4.79 Å². The Labute approximate surface area is 129 Å². The van der Waals surface area contributed by atoms with Crippen LogP contribution in [0.15, 0.2) is 35.2 Å². The van der Waals surface area contributed by atoms with Gasteiger partial charge in [0, 0.05) is 12.3 Å². The lowest BCUT2D eigenvalue weighted by atomic mass is 10.3. The van der Waals surface area contributed by atoms with Crippen molar-refractivity contribution >= 4 is 27.7 Å². The predicted octanol–water partition coefficient (Wildman–Crippen LogP) is 0.726. The maximum atomic E-state index is 12.2. The maximum absolute atomic E-state index is 12.2. The van der Waals surface area contributed by atoms with Crippen LogP contribution in [0.3, 0.4) is 0 Å². The van der Waals surface area contributed by atoms with Crippen molar-refractivity contribution in [2.24, 2.45) is 0 Å². The minimum Gasteiger partial charge on any atom is -0.354 e. The Hall–Kier alpha value is -1.56. The van der Waals surface area contributed by atoms with E-state index in [4.69, 9.17) is 5.26 Å². The molecule has 0 aliphatic rings. The molecule has 6 nitrogen and oxygen atoms in total. The second-order valence-electron chi connectivity index (χ2n) is 4.14. The van der Waals surface area contributed by atoms with Crippen LogP contribution in [0.5, 0.6) is 0 Å². The molecule has 8 heteroatoms. The molecule has 0 bridgehead atoms. The van der Waals surface area contributed by atoms with Crippen LogP contribution >= 0.6 is 11.8 Å². The molecule has 114 valence electrons. The van der Waals surface area contributed by atoms with E-state index < -0.39 is 22.0 Å². The van der Waals surface area contributed by atoms with Gasteiger partial charge in [0.25, 0.3) is 0 Å². The molecule has 1 aromatic rings. The van der Waals surface area contributed by atoms with Gasteiger partial charge >= 0.3 is 0 Å². The number of carbonyl (C=O) groups excluding carboxylic acids is 1. The van der Waals surface area contributed by atoms with E-state index >= 15 is 0 Å². The molecule has 0 saturated carbocycles. The molecule has 1 unspecified atom stereocenters. The van der Waals surface area contributed by atoms with Crippen LogP contribution in [0.25, 0.3) is 0 Å². The quantitative estimate of drug-likeness (QED) is 0.686. The van der Waals surface area contributed by atoms with Crippen LogP contribution in [0, 0.1) is 11.3 Å². The van der Waals surface area contributed by atoms with Crippen molar-refractivity contribution in [3.8, 4) is 6.07 Å². The first-order valence-electron chi connectivity index (χ1n) is 6.22. The highest BCUT2D eigenvalue weighted by Gasteiger charge is 2.24. The number of rotatable bonds is 8. The lowest BCUT2D eigenvalue weighted by Crippen LogP contribution is -2.48. The summed E-state index contributed by atoms with van der Waals surface area (Å²) in [7, 11) is -3.75. The van der Waals surface area contributed by atoms with Crippen LogP contribution in [0.4, 0.5) is 0 Å². The second-order valence-corrected chi connectivity index (χ2v) is 6.77. The molecule has 0 heterocycles. The zero-order chi connectivity index (χ0) is 15.7. The SMILES string of the molecule is CSCC(NS(=O)(=O)c1ccccc1)C(=O)NCCC#N. The smallest absolute Gasteiger partial charge is 0.241 e. The second kappa shape index (κ2) is 8.67. The van der Waals surface area contributed by atoms with E-state index in [2.05, 4.69) is 10.0 Å². The van der Waals surface area contributed by atoms with Crippen LogP contribution in [-0.4, -0.2) is 38.9 Å². The molecular weight excluding hydrogens is 310 g/mol. The number of amides is 1. The third-order valence-corrected chi connectivity index (χ3v) is 4.69. The third-order valence-electron chi connectivity index (χ3n) is 2.54. The molecule has 21 heavy (non-hydrogen) atoms. The number of nitrogens with one attached hydrogen (secondary N) is 2. The summed E-state index contributed by atoms with van der Waals surface area (Å²) in [6, 6.07) is 8.91. The molecule has 0 aliphatic carbocycles. The minimum atomic E-state index is -3.75. The summed E-state index contributed by atoms with van der Waals surface area (Å²) < 4.78 is 26.8. The first-order chi connectivity index (χ1) is 10.0. The third kappa shape index (κ3) is 5.75. The van der Waals surface area contributed by atoms with E-state index in [-0.39, 0.29) is 17.9 Å². The molecule has 1 atom stereocenters. The lowest BCUT2D eigenvalue weighted by molar-refractivity contribution is -0.122. The normalized spacial score (nSPS) is 12.4. The monoisotopic (exact) mass is 327 g/mol. The zero-order valence-corrected chi connectivity index (χ0v) is 13.2. The first-order valence-corrected chi connectivity index (χ1v) is 9.10. The Balaban J connectivity index is 2.78. The summed E-state index contributed by atoms with van der Waals surface area (Å²) >= 11 is 1.36. The fraction of sp³-hybridized carbons (Fsp3) is 0.385. The van der Waals surface area contributed by atoms with Crippen LogP contribution in [0.1, 0.15) is 6.42 Å². The molecule has 0 radical (unpaired) electrons. The average molecular weight is 327 g/mol. The lowest BCUT2D eigenvalue weighted by Gasteiger charge is -2.17. The summed E-state index contributed by atoms with van der Waals surface area (Å²) in [5.41, 5.74) is 0. The molecule has 0 aliphatic heterocycles. The van der Waals surface area contributed by atoms with Gasteiger partial charge in [0.15, 0.2) is 0 Å². The fourth-order valence-electron chi connectivity index (χ4n) is 1.55. The van der Waals surface area contributed by atoms with Gasteiger partial charge in [-0.25, -0.2) is 8.42 Å². The van der Waals surface area contributed by atoms with E-state index in [1.54, 1.807) is 24.5 Å². The number of hydrogen-bond acceptors (Lipinski definition) is 5. The highest BCUT2D eigenvalue weighted by Crippen LogP contribution is 2.09. The number of hydrogen-bond donors (Lipinski definition) is 2. The van der Waals surface area contributed by atoms with E-state index in [0.29, 0.717) is 5.75 Å².